The third-order valence-corrected chi connectivity index (χ3v) is 5.59. The summed E-state index contributed by atoms with van der Waals surface area (Å²) in [5.74, 6) is -0.101. The van der Waals surface area contributed by atoms with Crippen molar-refractivity contribution in [2.45, 2.75) is 17.9 Å². The number of methoxy groups -OCH3 is 2. The number of sulfonamides is 1. The molecule has 0 bridgehead atoms. The highest BCUT2D eigenvalue weighted by Gasteiger charge is 2.26. The van der Waals surface area contributed by atoms with E-state index in [0.717, 1.165) is 0 Å². The zero-order valence-corrected chi connectivity index (χ0v) is 17.1. The number of amides is 1. The van der Waals surface area contributed by atoms with E-state index in [4.69, 9.17) is 32.7 Å². The molecule has 27 heavy (non-hydrogen) atoms. The fourth-order valence-electron chi connectivity index (χ4n) is 2.23. The van der Waals surface area contributed by atoms with Crippen LogP contribution >= 0.6 is 23.2 Å². The molecule has 0 unspecified atom stereocenters. The molecule has 0 saturated carbocycles. The van der Waals surface area contributed by atoms with E-state index in [1.165, 1.54) is 45.4 Å². The first kappa shape index (κ1) is 21.3. The Kier molecular flexibility index (Phi) is 6.94. The molecular weight excluding hydrogens is 415 g/mol. The Morgan fingerprint density at radius 3 is 2.15 bits per heavy atom. The molecule has 2 rings (SSSR count). The summed E-state index contributed by atoms with van der Waals surface area (Å²) in [5, 5.41) is 3.19. The number of nitrogens with one attached hydrogen (secondary N) is 2. The number of carbonyl (C=O) groups excluding carboxylic acids is 1. The molecule has 7 nitrogen and oxygen atoms in total. The van der Waals surface area contributed by atoms with E-state index in [1.807, 2.05) is 0 Å². The van der Waals surface area contributed by atoms with Crippen LogP contribution in [-0.4, -0.2) is 34.6 Å². The van der Waals surface area contributed by atoms with Crippen molar-refractivity contribution < 1.29 is 22.7 Å². The van der Waals surface area contributed by atoms with Crippen LogP contribution in [0.3, 0.4) is 0 Å². The molecule has 0 radical (unpaired) electrons. The first-order chi connectivity index (χ1) is 12.7. The van der Waals surface area contributed by atoms with Crippen LogP contribution in [0.1, 0.15) is 6.92 Å². The van der Waals surface area contributed by atoms with Crippen LogP contribution in [-0.2, 0) is 14.8 Å². The fraction of sp³-hybridized carbons (Fsp3) is 0.235. The van der Waals surface area contributed by atoms with Gasteiger partial charge in [-0.15, -0.1) is 0 Å². The monoisotopic (exact) mass is 432 g/mol. The van der Waals surface area contributed by atoms with E-state index >= 15 is 0 Å². The van der Waals surface area contributed by atoms with Crippen molar-refractivity contribution in [2.75, 3.05) is 19.5 Å². The Bertz CT molecular complexity index is 950. The van der Waals surface area contributed by atoms with Crippen molar-refractivity contribution in [1.29, 1.82) is 0 Å². The predicted octanol–water partition coefficient (Wildman–Crippen LogP) is 3.32. The van der Waals surface area contributed by atoms with Crippen LogP contribution in [0.5, 0.6) is 11.5 Å². The summed E-state index contributed by atoms with van der Waals surface area (Å²) in [6.45, 7) is 1.40. The maximum Gasteiger partial charge on any atom is 0.245 e. The van der Waals surface area contributed by atoms with Crippen molar-refractivity contribution >= 4 is 44.8 Å². The van der Waals surface area contributed by atoms with Gasteiger partial charge in [0, 0.05) is 10.0 Å². The van der Waals surface area contributed by atoms with Gasteiger partial charge in [-0.2, -0.15) is 4.72 Å². The summed E-state index contributed by atoms with van der Waals surface area (Å²) in [5.41, 5.74) is 0.321. The largest absolute Gasteiger partial charge is 0.495 e. The lowest BCUT2D eigenvalue weighted by Crippen LogP contribution is -2.41. The van der Waals surface area contributed by atoms with Crippen molar-refractivity contribution in [3.63, 3.8) is 0 Å². The zero-order valence-electron chi connectivity index (χ0n) is 14.7. The molecule has 2 N–H and O–H groups in total. The van der Waals surface area contributed by atoms with Gasteiger partial charge < -0.3 is 14.8 Å². The van der Waals surface area contributed by atoms with E-state index < -0.39 is 22.0 Å². The van der Waals surface area contributed by atoms with Crippen LogP contribution < -0.4 is 19.5 Å². The van der Waals surface area contributed by atoms with Gasteiger partial charge in [0.2, 0.25) is 15.9 Å². The Hall–Kier alpha value is -2.00. The van der Waals surface area contributed by atoms with Crippen molar-refractivity contribution in [2.24, 2.45) is 0 Å². The smallest absolute Gasteiger partial charge is 0.245 e. The number of hydrogen-bond acceptors (Lipinski definition) is 5. The van der Waals surface area contributed by atoms with Gasteiger partial charge in [-0.05, 0) is 43.3 Å². The molecule has 0 spiro atoms. The lowest BCUT2D eigenvalue weighted by atomic mass is 10.2. The summed E-state index contributed by atoms with van der Waals surface area (Å²) < 4.78 is 37.8. The number of anilines is 1. The Balaban J connectivity index is 2.21. The van der Waals surface area contributed by atoms with Gasteiger partial charge in [-0.25, -0.2) is 8.42 Å². The van der Waals surface area contributed by atoms with Gasteiger partial charge >= 0.3 is 0 Å². The fourth-order valence-corrected chi connectivity index (χ4v) is 4.04. The highest BCUT2D eigenvalue weighted by Crippen LogP contribution is 2.29. The predicted molar refractivity (Wildman–Crippen MR) is 104 cm³/mol. The van der Waals surface area contributed by atoms with Gasteiger partial charge in [-0.3, -0.25) is 4.79 Å². The van der Waals surface area contributed by atoms with Crippen LogP contribution in [0.2, 0.25) is 10.0 Å². The van der Waals surface area contributed by atoms with Crippen molar-refractivity contribution in [3.8, 4) is 11.5 Å². The minimum Gasteiger partial charge on any atom is -0.495 e. The summed E-state index contributed by atoms with van der Waals surface area (Å²) >= 11 is 11.8. The highest BCUT2D eigenvalue weighted by atomic mass is 35.5. The Morgan fingerprint density at radius 2 is 1.56 bits per heavy atom. The average Bonchev–Trinajstić information content (AvgIpc) is 2.61. The molecule has 0 aliphatic heterocycles. The maximum atomic E-state index is 12.6. The normalized spacial score (nSPS) is 12.3. The van der Waals surface area contributed by atoms with Gasteiger partial charge in [0.15, 0.2) is 0 Å². The second kappa shape index (κ2) is 8.79. The van der Waals surface area contributed by atoms with E-state index in [-0.39, 0.29) is 15.7 Å². The molecule has 0 aliphatic rings. The number of benzene rings is 2. The standard InChI is InChI=1S/C17H18Cl2N2O5S/c1-10(17(22)20-13-8-11(18)4-6-14(13)25-2)21-27(23,24)16-9-12(19)5-7-15(16)26-3/h4-10,21H,1-3H3,(H,20,22)/t10-/m0/s1. The molecule has 0 saturated heterocycles. The Morgan fingerprint density at radius 1 is 1.00 bits per heavy atom. The van der Waals surface area contributed by atoms with E-state index in [1.54, 1.807) is 12.1 Å². The molecule has 0 aromatic heterocycles. The van der Waals surface area contributed by atoms with Crippen LogP contribution in [0, 0.1) is 0 Å². The van der Waals surface area contributed by atoms with Crippen LogP contribution in [0.4, 0.5) is 5.69 Å². The van der Waals surface area contributed by atoms with Gasteiger partial charge in [0.25, 0.3) is 0 Å². The minimum atomic E-state index is -4.06. The molecule has 0 fully saturated rings. The first-order valence-electron chi connectivity index (χ1n) is 7.68. The van der Waals surface area contributed by atoms with Crippen molar-refractivity contribution in [1.82, 2.24) is 4.72 Å². The molecule has 1 atom stereocenters. The highest BCUT2D eigenvalue weighted by molar-refractivity contribution is 7.89. The molecule has 146 valence electrons. The molecule has 10 heteroatoms. The summed E-state index contributed by atoms with van der Waals surface area (Å²) in [7, 11) is -1.29. The third kappa shape index (κ3) is 5.26. The average molecular weight is 433 g/mol. The second-order valence-corrected chi connectivity index (χ2v) is 8.03. The first-order valence-corrected chi connectivity index (χ1v) is 9.92. The number of halogens is 2. The topological polar surface area (TPSA) is 93.7 Å². The summed E-state index contributed by atoms with van der Waals surface area (Å²) in [4.78, 5) is 12.3. The lowest BCUT2D eigenvalue weighted by molar-refractivity contribution is -0.117. The van der Waals surface area contributed by atoms with Gasteiger partial charge in [0.1, 0.15) is 16.4 Å². The SMILES string of the molecule is COc1ccc(Cl)cc1NC(=O)[C@H](C)NS(=O)(=O)c1cc(Cl)ccc1OC. The number of rotatable bonds is 7. The minimum absolute atomic E-state index is 0.107. The molecule has 0 aliphatic carbocycles. The Labute approximate surface area is 167 Å². The van der Waals surface area contributed by atoms with Gasteiger partial charge in [0.05, 0.1) is 25.9 Å². The summed E-state index contributed by atoms with van der Waals surface area (Å²) in [6, 6.07) is 7.77. The number of ether oxygens (including phenoxy) is 2. The molecule has 1 amide bonds. The summed E-state index contributed by atoms with van der Waals surface area (Å²) in [6.07, 6.45) is 0. The van der Waals surface area contributed by atoms with E-state index in [0.29, 0.717) is 16.5 Å². The molecule has 2 aromatic rings. The van der Waals surface area contributed by atoms with Crippen LogP contribution in [0.15, 0.2) is 41.3 Å². The quantitative estimate of drug-likeness (QED) is 0.699. The zero-order chi connectivity index (χ0) is 20.2. The van der Waals surface area contributed by atoms with E-state index in [9.17, 15) is 13.2 Å². The number of carbonyl (C=O) groups is 1. The molecule has 2 aromatic carbocycles. The third-order valence-electron chi connectivity index (χ3n) is 3.56. The lowest BCUT2D eigenvalue weighted by Gasteiger charge is -2.17. The van der Waals surface area contributed by atoms with E-state index in [2.05, 4.69) is 10.0 Å². The van der Waals surface area contributed by atoms with Crippen LogP contribution in [0.25, 0.3) is 0 Å². The maximum absolute atomic E-state index is 12.6. The van der Waals surface area contributed by atoms with Crippen molar-refractivity contribution in [3.05, 3.63) is 46.4 Å². The van der Waals surface area contributed by atoms with Gasteiger partial charge in [-0.1, -0.05) is 23.2 Å². The molecular formula is C17H18Cl2N2O5S. The molecule has 0 heterocycles. The number of hydrogen-bond donors (Lipinski definition) is 2. The second-order valence-electron chi connectivity index (χ2n) is 5.47.